The first-order valence-corrected chi connectivity index (χ1v) is 8.25. The number of amides is 1. The van der Waals surface area contributed by atoms with Crippen LogP contribution >= 0.6 is 11.6 Å². The standard InChI is InChI=1S/C15H29ClN2O/c1-3-5-8-17(9-6-4-2)10-7-11-18-13-14(16)12-15(18)19/h14H,3-13H2,1-2H3. The van der Waals surface area contributed by atoms with Gasteiger partial charge in [-0.2, -0.15) is 0 Å². The Hall–Kier alpha value is -0.280. The number of carbonyl (C=O) groups excluding carboxylic acids is 1. The lowest BCUT2D eigenvalue weighted by Crippen LogP contribution is -2.32. The number of hydrogen-bond acceptors (Lipinski definition) is 2. The van der Waals surface area contributed by atoms with E-state index in [4.69, 9.17) is 11.6 Å². The van der Waals surface area contributed by atoms with Gasteiger partial charge in [0.1, 0.15) is 0 Å². The van der Waals surface area contributed by atoms with Crippen LogP contribution in [0.3, 0.4) is 0 Å². The number of unbranched alkanes of at least 4 members (excludes halogenated alkanes) is 2. The van der Waals surface area contributed by atoms with Gasteiger partial charge in [0.2, 0.25) is 5.91 Å². The summed E-state index contributed by atoms with van der Waals surface area (Å²) in [4.78, 5) is 16.1. The molecular weight excluding hydrogens is 260 g/mol. The molecule has 0 aromatic heterocycles. The molecule has 1 amide bonds. The molecular formula is C15H29ClN2O. The Morgan fingerprint density at radius 3 is 2.21 bits per heavy atom. The maximum absolute atomic E-state index is 11.6. The van der Waals surface area contributed by atoms with E-state index in [0.29, 0.717) is 6.42 Å². The van der Waals surface area contributed by atoms with Crippen molar-refractivity contribution in [3.05, 3.63) is 0 Å². The molecule has 1 aliphatic rings. The monoisotopic (exact) mass is 288 g/mol. The minimum Gasteiger partial charge on any atom is -0.341 e. The van der Waals surface area contributed by atoms with Crippen LogP contribution in [0.5, 0.6) is 0 Å². The first-order valence-electron chi connectivity index (χ1n) is 7.81. The van der Waals surface area contributed by atoms with E-state index in [0.717, 1.165) is 26.1 Å². The third-order valence-electron chi connectivity index (χ3n) is 3.73. The van der Waals surface area contributed by atoms with Crippen LogP contribution in [0.1, 0.15) is 52.4 Å². The molecule has 112 valence electrons. The number of nitrogens with zero attached hydrogens (tertiary/aromatic N) is 2. The van der Waals surface area contributed by atoms with Crippen molar-refractivity contribution >= 4 is 17.5 Å². The molecule has 0 N–H and O–H groups in total. The fourth-order valence-corrected chi connectivity index (χ4v) is 2.82. The largest absolute Gasteiger partial charge is 0.341 e. The van der Waals surface area contributed by atoms with Crippen molar-refractivity contribution in [2.45, 2.75) is 57.7 Å². The molecule has 1 rings (SSSR count). The highest BCUT2D eigenvalue weighted by atomic mass is 35.5. The summed E-state index contributed by atoms with van der Waals surface area (Å²) in [5.41, 5.74) is 0. The Kier molecular flexibility index (Phi) is 8.47. The molecule has 1 heterocycles. The van der Waals surface area contributed by atoms with Gasteiger partial charge < -0.3 is 9.80 Å². The van der Waals surface area contributed by atoms with Gasteiger partial charge >= 0.3 is 0 Å². The van der Waals surface area contributed by atoms with Crippen molar-refractivity contribution in [1.82, 2.24) is 9.80 Å². The number of alkyl halides is 1. The Balaban J connectivity index is 2.21. The number of halogens is 1. The van der Waals surface area contributed by atoms with Gasteiger partial charge in [0.05, 0.1) is 5.38 Å². The minimum absolute atomic E-state index is 0.0313. The average molecular weight is 289 g/mol. The molecule has 19 heavy (non-hydrogen) atoms. The fraction of sp³-hybridized carbons (Fsp3) is 0.933. The minimum atomic E-state index is 0.0313. The van der Waals surface area contributed by atoms with Crippen molar-refractivity contribution in [1.29, 1.82) is 0 Å². The molecule has 1 aliphatic heterocycles. The molecule has 4 heteroatoms. The summed E-state index contributed by atoms with van der Waals surface area (Å²) in [6, 6.07) is 0. The Bertz CT molecular complexity index is 253. The zero-order valence-corrected chi connectivity index (χ0v) is 13.3. The van der Waals surface area contributed by atoms with E-state index >= 15 is 0 Å². The Morgan fingerprint density at radius 1 is 1.16 bits per heavy atom. The summed E-state index contributed by atoms with van der Waals surface area (Å²) in [5.74, 6) is 0.230. The van der Waals surface area contributed by atoms with Gasteiger partial charge in [0.15, 0.2) is 0 Å². The maximum Gasteiger partial charge on any atom is 0.224 e. The molecule has 0 bridgehead atoms. The number of rotatable bonds is 10. The number of carbonyl (C=O) groups is 1. The van der Waals surface area contributed by atoms with Gasteiger partial charge in [-0.3, -0.25) is 4.79 Å². The Labute approximate surface area is 123 Å². The SMILES string of the molecule is CCCCN(CCCC)CCCN1CC(Cl)CC1=O. The van der Waals surface area contributed by atoms with Crippen LogP contribution in [-0.4, -0.2) is 53.8 Å². The predicted molar refractivity (Wildman–Crippen MR) is 81.7 cm³/mol. The summed E-state index contributed by atoms with van der Waals surface area (Å²) < 4.78 is 0. The quantitative estimate of drug-likeness (QED) is 0.577. The summed E-state index contributed by atoms with van der Waals surface area (Å²) >= 11 is 6.01. The molecule has 0 aromatic rings. The third kappa shape index (κ3) is 6.62. The highest BCUT2D eigenvalue weighted by molar-refractivity contribution is 6.22. The van der Waals surface area contributed by atoms with E-state index in [1.54, 1.807) is 0 Å². The third-order valence-corrected chi connectivity index (χ3v) is 4.02. The molecule has 1 unspecified atom stereocenters. The van der Waals surface area contributed by atoms with Crippen molar-refractivity contribution in [2.24, 2.45) is 0 Å². The van der Waals surface area contributed by atoms with Crippen LogP contribution < -0.4 is 0 Å². The van der Waals surface area contributed by atoms with Gasteiger partial charge in [-0.05, 0) is 38.9 Å². The van der Waals surface area contributed by atoms with Gasteiger partial charge in [-0.15, -0.1) is 11.6 Å². The predicted octanol–water partition coefficient (Wildman–Crippen LogP) is 3.12. The Morgan fingerprint density at radius 2 is 1.74 bits per heavy atom. The van der Waals surface area contributed by atoms with Gasteiger partial charge in [-0.1, -0.05) is 26.7 Å². The van der Waals surface area contributed by atoms with Crippen molar-refractivity contribution in [2.75, 3.05) is 32.7 Å². The number of hydrogen-bond donors (Lipinski definition) is 0. The molecule has 0 aliphatic carbocycles. The highest BCUT2D eigenvalue weighted by Crippen LogP contribution is 2.16. The van der Waals surface area contributed by atoms with Gasteiger partial charge in [-0.25, -0.2) is 0 Å². The molecule has 1 fully saturated rings. The van der Waals surface area contributed by atoms with Crippen LogP contribution in [0.4, 0.5) is 0 Å². The second-order valence-electron chi connectivity index (χ2n) is 5.54. The molecule has 0 aromatic carbocycles. The molecule has 0 saturated carbocycles. The van der Waals surface area contributed by atoms with Crippen LogP contribution in [0, 0.1) is 0 Å². The molecule has 0 spiro atoms. The van der Waals surface area contributed by atoms with E-state index in [2.05, 4.69) is 18.7 Å². The molecule has 1 atom stereocenters. The van der Waals surface area contributed by atoms with Crippen LogP contribution in [0.15, 0.2) is 0 Å². The van der Waals surface area contributed by atoms with Crippen LogP contribution in [0.2, 0.25) is 0 Å². The summed E-state index contributed by atoms with van der Waals surface area (Å²) in [6.07, 6.45) is 6.65. The molecule has 0 radical (unpaired) electrons. The normalized spacial score (nSPS) is 19.7. The topological polar surface area (TPSA) is 23.6 Å². The lowest BCUT2D eigenvalue weighted by atomic mass is 10.2. The van der Waals surface area contributed by atoms with E-state index in [1.807, 2.05) is 4.90 Å². The zero-order chi connectivity index (χ0) is 14.1. The van der Waals surface area contributed by atoms with Crippen LogP contribution in [-0.2, 0) is 4.79 Å². The van der Waals surface area contributed by atoms with Gasteiger partial charge in [0, 0.05) is 19.5 Å². The van der Waals surface area contributed by atoms with Gasteiger partial charge in [0.25, 0.3) is 0 Å². The second-order valence-corrected chi connectivity index (χ2v) is 6.16. The van der Waals surface area contributed by atoms with Crippen molar-refractivity contribution < 1.29 is 4.79 Å². The summed E-state index contributed by atoms with van der Waals surface area (Å²) in [6.45, 7) is 9.59. The highest BCUT2D eigenvalue weighted by Gasteiger charge is 2.27. The lowest BCUT2D eigenvalue weighted by molar-refractivity contribution is -0.127. The van der Waals surface area contributed by atoms with E-state index < -0.39 is 0 Å². The number of likely N-dealkylation sites (tertiary alicyclic amines) is 1. The van der Waals surface area contributed by atoms with Crippen molar-refractivity contribution in [3.63, 3.8) is 0 Å². The van der Waals surface area contributed by atoms with E-state index in [9.17, 15) is 4.79 Å². The van der Waals surface area contributed by atoms with E-state index in [-0.39, 0.29) is 11.3 Å². The molecule has 3 nitrogen and oxygen atoms in total. The molecule has 1 saturated heterocycles. The smallest absolute Gasteiger partial charge is 0.224 e. The first kappa shape index (κ1) is 16.8. The first-order chi connectivity index (χ1) is 9.17. The lowest BCUT2D eigenvalue weighted by Gasteiger charge is -2.23. The van der Waals surface area contributed by atoms with Crippen LogP contribution in [0.25, 0.3) is 0 Å². The summed E-state index contributed by atoms with van der Waals surface area (Å²) in [5, 5.41) is 0.0313. The van der Waals surface area contributed by atoms with Crippen molar-refractivity contribution in [3.8, 4) is 0 Å². The van der Waals surface area contributed by atoms with E-state index in [1.165, 1.54) is 38.8 Å². The average Bonchev–Trinajstić information content (AvgIpc) is 2.70. The second kappa shape index (κ2) is 9.60. The summed E-state index contributed by atoms with van der Waals surface area (Å²) in [7, 11) is 0. The maximum atomic E-state index is 11.6. The fourth-order valence-electron chi connectivity index (χ4n) is 2.52. The zero-order valence-electron chi connectivity index (χ0n) is 12.5.